The lowest BCUT2D eigenvalue weighted by Crippen LogP contribution is -2.54. The molecule has 1 spiro atoms. The standard InChI is InChI=1S/C9H9BNO6S/c12-9-7-3-1-2-4-8(7)18(13,14)17-10(16-9)11-5-6-15-10/h1-4,11H,5-6H2/q-1. The summed E-state index contributed by atoms with van der Waals surface area (Å²) >= 11 is 0. The fraction of sp³-hybridized carbons (Fsp3) is 0.222. The van der Waals surface area contributed by atoms with Gasteiger partial charge in [-0.15, -0.1) is 0 Å². The molecule has 1 unspecified atom stereocenters. The van der Waals surface area contributed by atoms with Crippen LogP contribution in [0.4, 0.5) is 0 Å². The highest BCUT2D eigenvalue weighted by molar-refractivity contribution is 7.87. The first-order valence-electron chi connectivity index (χ1n) is 5.33. The van der Waals surface area contributed by atoms with Crippen molar-refractivity contribution in [3.63, 3.8) is 0 Å². The van der Waals surface area contributed by atoms with Crippen LogP contribution in [0.1, 0.15) is 10.4 Å². The maximum Gasteiger partial charge on any atom is 0.535 e. The molecule has 0 aromatic heterocycles. The van der Waals surface area contributed by atoms with Crippen LogP contribution < -0.4 is 5.23 Å². The summed E-state index contributed by atoms with van der Waals surface area (Å²) in [6.07, 6.45) is 0. The van der Waals surface area contributed by atoms with Gasteiger partial charge in [0.25, 0.3) is 16.1 Å². The van der Waals surface area contributed by atoms with Crippen LogP contribution in [-0.2, 0) is 23.5 Å². The van der Waals surface area contributed by atoms with E-state index in [1.165, 1.54) is 18.2 Å². The molecule has 2 heterocycles. The molecule has 0 saturated carbocycles. The highest BCUT2D eigenvalue weighted by atomic mass is 32.2. The third-order valence-corrected chi connectivity index (χ3v) is 4.13. The number of fused-ring (bicyclic) bond motifs is 1. The third-order valence-electron chi connectivity index (χ3n) is 2.73. The zero-order chi connectivity index (χ0) is 12.8. The largest absolute Gasteiger partial charge is 0.626 e. The van der Waals surface area contributed by atoms with Crippen molar-refractivity contribution >= 4 is 23.0 Å². The minimum Gasteiger partial charge on any atom is -0.626 e. The summed E-state index contributed by atoms with van der Waals surface area (Å²) in [6.45, 7) is -2.22. The van der Waals surface area contributed by atoms with Gasteiger partial charge in [-0.2, -0.15) is 8.42 Å². The van der Waals surface area contributed by atoms with Gasteiger partial charge < -0.3 is 18.6 Å². The smallest absolute Gasteiger partial charge is 0.535 e. The Bertz CT molecular complexity index is 609. The quantitative estimate of drug-likeness (QED) is 0.642. The lowest BCUT2D eigenvalue weighted by Gasteiger charge is -2.32. The molecular formula is C9H9BNO6S-. The van der Waals surface area contributed by atoms with Gasteiger partial charge >= 0.3 is 6.89 Å². The van der Waals surface area contributed by atoms with Crippen LogP contribution in [-0.4, -0.2) is 34.4 Å². The maximum atomic E-state index is 12.0. The molecule has 1 saturated heterocycles. The summed E-state index contributed by atoms with van der Waals surface area (Å²) < 4.78 is 39.1. The van der Waals surface area contributed by atoms with Gasteiger partial charge in [0.05, 0.1) is 5.56 Å². The Kier molecular flexibility index (Phi) is 2.45. The zero-order valence-corrected chi connectivity index (χ0v) is 9.98. The molecule has 9 heteroatoms. The molecule has 0 radical (unpaired) electrons. The lowest BCUT2D eigenvalue weighted by molar-refractivity contribution is 0.0589. The van der Waals surface area contributed by atoms with Gasteiger partial charge in [0, 0.05) is 6.61 Å². The van der Waals surface area contributed by atoms with Gasteiger partial charge in [0.1, 0.15) is 4.90 Å². The Balaban J connectivity index is 2.16. The Labute approximate surface area is 103 Å². The zero-order valence-electron chi connectivity index (χ0n) is 9.16. The molecule has 0 bridgehead atoms. The Morgan fingerprint density at radius 3 is 2.78 bits per heavy atom. The predicted octanol–water partition coefficient (Wildman–Crippen LogP) is -0.382. The molecule has 0 amide bonds. The van der Waals surface area contributed by atoms with E-state index < -0.39 is 23.0 Å². The van der Waals surface area contributed by atoms with E-state index in [-0.39, 0.29) is 17.1 Å². The number of carbonyl (C=O) groups excluding carboxylic acids is 1. The highest BCUT2D eigenvalue weighted by Gasteiger charge is 2.45. The second-order valence-electron chi connectivity index (χ2n) is 3.92. The summed E-state index contributed by atoms with van der Waals surface area (Å²) in [5.41, 5.74) is -0.0615. The fourth-order valence-electron chi connectivity index (χ4n) is 1.94. The number of benzene rings is 1. The monoisotopic (exact) mass is 270 g/mol. The van der Waals surface area contributed by atoms with E-state index in [1.54, 1.807) is 6.07 Å². The van der Waals surface area contributed by atoms with Crippen molar-refractivity contribution in [1.82, 2.24) is 5.23 Å². The molecule has 18 heavy (non-hydrogen) atoms. The summed E-state index contributed by atoms with van der Waals surface area (Å²) in [7, 11) is -4.11. The molecule has 1 atom stereocenters. The van der Waals surface area contributed by atoms with Crippen molar-refractivity contribution < 1.29 is 26.6 Å². The molecule has 3 rings (SSSR count). The van der Waals surface area contributed by atoms with E-state index in [1.807, 2.05) is 0 Å². The first-order valence-corrected chi connectivity index (χ1v) is 6.74. The van der Waals surface area contributed by atoms with Gasteiger partial charge in [0.15, 0.2) is 0 Å². The highest BCUT2D eigenvalue weighted by Crippen LogP contribution is 2.28. The second kappa shape index (κ2) is 3.79. The average molecular weight is 270 g/mol. The van der Waals surface area contributed by atoms with Crippen LogP contribution in [0.5, 0.6) is 0 Å². The van der Waals surface area contributed by atoms with Gasteiger partial charge in [-0.1, -0.05) is 12.1 Å². The Morgan fingerprint density at radius 1 is 1.28 bits per heavy atom. The number of carbonyl (C=O) groups is 1. The van der Waals surface area contributed by atoms with Gasteiger partial charge in [-0.25, -0.2) is 0 Å². The van der Waals surface area contributed by atoms with Crippen molar-refractivity contribution in [2.75, 3.05) is 13.2 Å². The molecule has 2 aliphatic heterocycles. The summed E-state index contributed by atoms with van der Waals surface area (Å²) in [4.78, 5) is 11.7. The number of hydrogen-bond donors (Lipinski definition) is 1. The van der Waals surface area contributed by atoms with Crippen LogP contribution in [0.25, 0.3) is 0 Å². The third kappa shape index (κ3) is 1.72. The minimum absolute atomic E-state index is 0.0615. The molecule has 2 aliphatic rings. The van der Waals surface area contributed by atoms with Crippen molar-refractivity contribution in [3.05, 3.63) is 29.8 Å². The molecule has 96 valence electrons. The SMILES string of the molecule is O=C1O[B-]2(NCCO2)OS(=O)(=O)c2ccccc21. The van der Waals surface area contributed by atoms with E-state index in [4.69, 9.17) is 13.4 Å². The Hall–Kier alpha value is -1.42. The summed E-state index contributed by atoms with van der Waals surface area (Å²) in [5.74, 6) is -0.791. The van der Waals surface area contributed by atoms with E-state index in [0.717, 1.165) is 0 Å². The number of hydrogen-bond acceptors (Lipinski definition) is 7. The van der Waals surface area contributed by atoms with Crippen molar-refractivity contribution in [2.45, 2.75) is 4.90 Å². The van der Waals surface area contributed by atoms with Crippen LogP contribution in [0.15, 0.2) is 29.2 Å². The Morgan fingerprint density at radius 2 is 2.06 bits per heavy atom. The fourth-order valence-corrected chi connectivity index (χ4v) is 3.21. The second-order valence-corrected chi connectivity index (χ2v) is 5.46. The normalized spacial score (nSPS) is 29.7. The van der Waals surface area contributed by atoms with Crippen LogP contribution in [0.3, 0.4) is 0 Å². The van der Waals surface area contributed by atoms with Gasteiger partial charge in [0.2, 0.25) is 0 Å². The molecule has 0 aliphatic carbocycles. The number of rotatable bonds is 0. The first-order chi connectivity index (χ1) is 8.53. The van der Waals surface area contributed by atoms with Crippen molar-refractivity contribution in [3.8, 4) is 0 Å². The summed E-state index contributed by atoms with van der Waals surface area (Å²) in [5, 5.41) is 2.63. The van der Waals surface area contributed by atoms with Crippen LogP contribution in [0.2, 0.25) is 0 Å². The average Bonchev–Trinajstić information content (AvgIpc) is 2.73. The van der Waals surface area contributed by atoms with E-state index >= 15 is 0 Å². The molecule has 1 fully saturated rings. The molecule has 1 N–H and O–H groups in total. The molecule has 1 aromatic rings. The molecule has 7 nitrogen and oxygen atoms in total. The predicted molar refractivity (Wildman–Crippen MR) is 59.8 cm³/mol. The lowest BCUT2D eigenvalue weighted by atomic mass is 10.00. The maximum absolute atomic E-state index is 12.0. The molecular weight excluding hydrogens is 261 g/mol. The van der Waals surface area contributed by atoms with Crippen LogP contribution in [0, 0.1) is 0 Å². The van der Waals surface area contributed by atoms with Crippen LogP contribution >= 0.6 is 0 Å². The van der Waals surface area contributed by atoms with Crippen molar-refractivity contribution in [2.24, 2.45) is 0 Å². The van der Waals surface area contributed by atoms with E-state index in [2.05, 4.69) is 5.23 Å². The van der Waals surface area contributed by atoms with Gasteiger partial charge in [-0.05, 0) is 18.7 Å². The molecule has 1 aromatic carbocycles. The van der Waals surface area contributed by atoms with E-state index in [9.17, 15) is 13.2 Å². The topological polar surface area (TPSA) is 90.9 Å². The van der Waals surface area contributed by atoms with Gasteiger partial charge in [-0.3, -0.25) is 4.79 Å². The van der Waals surface area contributed by atoms with Crippen molar-refractivity contribution in [1.29, 1.82) is 0 Å². The first kappa shape index (κ1) is 11.7. The van der Waals surface area contributed by atoms with E-state index in [0.29, 0.717) is 6.54 Å². The summed E-state index contributed by atoms with van der Waals surface area (Å²) in [6, 6.07) is 5.70. The number of nitrogens with one attached hydrogen (secondary N) is 1. The minimum atomic E-state index is -4.11.